The number of ether oxygens (including phenoxy) is 1. The van der Waals surface area contributed by atoms with Gasteiger partial charge in [0.2, 0.25) is 0 Å². The maximum Gasteiger partial charge on any atom is 0.191 e. The van der Waals surface area contributed by atoms with Crippen LogP contribution in [0.4, 0.5) is 0 Å². The average molecular weight is 387 g/mol. The number of nitrogens with one attached hydrogen (secondary N) is 2. The fourth-order valence-electron chi connectivity index (χ4n) is 3.20. The van der Waals surface area contributed by atoms with Crippen molar-refractivity contribution in [3.05, 3.63) is 58.9 Å². The zero-order valence-corrected chi connectivity index (χ0v) is 16.7. The Hall–Kier alpha value is -2.27. The molecule has 144 valence electrons. The van der Waals surface area contributed by atoms with Gasteiger partial charge in [0.25, 0.3) is 0 Å². The molecule has 6 heteroatoms. The predicted octanol–water partition coefficient (Wildman–Crippen LogP) is 3.57. The van der Waals surface area contributed by atoms with Gasteiger partial charge in [-0.3, -0.25) is 4.99 Å². The molecule has 0 bridgehead atoms. The molecule has 1 aromatic heterocycles. The molecule has 2 aromatic rings. The van der Waals surface area contributed by atoms with Gasteiger partial charge in [0, 0.05) is 30.3 Å². The van der Waals surface area contributed by atoms with Gasteiger partial charge in [-0.25, -0.2) is 4.98 Å². The van der Waals surface area contributed by atoms with E-state index in [0.717, 1.165) is 56.2 Å². The number of methoxy groups -OCH3 is 1. The second-order valence-electron chi connectivity index (χ2n) is 6.84. The van der Waals surface area contributed by atoms with Crippen LogP contribution >= 0.6 is 11.6 Å². The second-order valence-corrected chi connectivity index (χ2v) is 7.23. The Balaban J connectivity index is 1.61. The Morgan fingerprint density at radius 1 is 1.22 bits per heavy atom. The van der Waals surface area contributed by atoms with E-state index in [2.05, 4.69) is 34.7 Å². The van der Waals surface area contributed by atoms with E-state index in [1.165, 1.54) is 5.56 Å². The van der Waals surface area contributed by atoms with Crippen molar-refractivity contribution in [1.29, 1.82) is 0 Å². The molecule has 1 aliphatic carbocycles. The van der Waals surface area contributed by atoms with Gasteiger partial charge < -0.3 is 15.4 Å². The van der Waals surface area contributed by atoms with E-state index in [-0.39, 0.29) is 5.41 Å². The number of guanidine groups is 1. The number of benzene rings is 1. The number of pyridine rings is 1. The van der Waals surface area contributed by atoms with Crippen LogP contribution in [0.1, 0.15) is 30.9 Å². The quantitative estimate of drug-likeness (QED) is 0.413. The van der Waals surface area contributed by atoms with Crippen molar-refractivity contribution in [2.75, 3.05) is 26.7 Å². The minimum atomic E-state index is 0.106. The Bertz CT molecular complexity index is 772. The molecule has 0 unspecified atom stereocenters. The molecule has 0 aliphatic heterocycles. The van der Waals surface area contributed by atoms with Gasteiger partial charge in [-0.1, -0.05) is 35.9 Å². The number of nitrogens with zero attached hydrogens (tertiary/aromatic N) is 2. The standard InChI is InChI=1S/C21H27ClN4O/c1-3-23-20(24-13-10-16-8-9-19(22)25-14-16)26-15-21(11-12-21)17-6-4-5-7-18(17)27-2/h4-9,14H,3,10-13,15H2,1-2H3,(H2,23,24,26). The number of hydrogen-bond acceptors (Lipinski definition) is 3. The first-order valence-corrected chi connectivity index (χ1v) is 9.81. The molecule has 1 fully saturated rings. The summed E-state index contributed by atoms with van der Waals surface area (Å²) in [5.74, 6) is 1.80. The largest absolute Gasteiger partial charge is 0.496 e. The lowest BCUT2D eigenvalue weighted by Gasteiger charge is -2.18. The van der Waals surface area contributed by atoms with Crippen LogP contribution in [0, 0.1) is 0 Å². The zero-order chi connectivity index (χ0) is 19.1. The van der Waals surface area contributed by atoms with E-state index < -0.39 is 0 Å². The molecule has 1 aliphatic rings. The van der Waals surface area contributed by atoms with Crippen LogP contribution in [0.15, 0.2) is 47.6 Å². The molecular formula is C21H27ClN4O. The lowest BCUT2D eigenvalue weighted by Crippen LogP contribution is -2.39. The summed E-state index contributed by atoms with van der Waals surface area (Å²) in [5, 5.41) is 7.26. The first kappa shape index (κ1) is 19.5. The lowest BCUT2D eigenvalue weighted by atomic mass is 9.95. The molecule has 3 rings (SSSR count). The van der Waals surface area contributed by atoms with Crippen LogP contribution in [0.5, 0.6) is 5.75 Å². The molecule has 0 saturated heterocycles. The van der Waals surface area contributed by atoms with Crippen LogP contribution in [0.3, 0.4) is 0 Å². The molecule has 0 radical (unpaired) electrons. The number of halogens is 1. The number of rotatable bonds is 8. The van der Waals surface area contributed by atoms with E-state index >= 15 is 0 Å². The van der Waals surface area contributed by atoms with Crippen molar-refractivity contribution in [3.63, 3.8) is 0 Å². The highest BCUT2D eigenvalue weighted by Crippen LogP contribution is 2.51. The van der Waals surface area contributed by atoms with Crippen molar-refractivity contribution >= 4 is 17.6 Å². The van der Waals surface area contributed by atoms with Gasteiger partial charge >= 0.3 is 0 Å². The molecule has 0 atom stereocenters. The summed E-state index contributed by atoms with van der Waals surface area (Å²) in [6.07, 6.45) is 4.97. The summed E-state index contributed by atoms with van der Waals surface area (Å²) in [5.41, 5.74) is 2.52. The topological polar surface area (TPSA) is 58.5 Å². The molecular weight excluding hydrogens is 360 g/mol. The number of aromatic nitrogens is 1. The molecule has 5 nitrogen and oxygen atoms in total. The maximum absolute atomic E-state index is 5.83. The molecule has 0 spiro atoms. The molecule has 1 saturated carbocycles. The Morgan fingerprint density at radius 2 is 2.04 bits per heavy atom. The Morgan fingerprint density at radius 3 is 2.70 bits per heavy atom. The fraction of sp³-hybridized carbons (Fsp3) is 0.429. The summed E-state index contributed by atoms with van der Waals surface area (Å²) in [6.45, 7) is 4.45. The van der Waals surface area contributed by atoms with Crippen LogP contribution in [-0.4, -0.2) is 37.7 Å². The average Bonchev–Trinajstić information content (AvgIpc) is 3.48. The number of para-hydroxylation sites is 1. The van der Waals surface area contributed by atoms with Crippen LogP contribution in [0.2, 0.25) is 5.15 Å². The monoisotopic (exact) mass is 386 g/mol. The predicted molar refractivity (Wildman–Crippen MR) is 111 cm³/mol. The van der Waals surface area contributed by atoms with Gasteiger partial charge in [0.1, 0.15) is 10.9 Å². The van der Waals surface area contributed by atoms with E-state index in [1.807, 2.05) is 30.5 Å². The third-order valence-electron chi connectivity index (χ3n) is 4.91. The Kier molecular flexibility index (Phi) is 6.56. The van der Waals surface area contributed by atoms with E-state index in [9.17, 15) is 0 Å². The zero-order valence-electron chi connectivity index (χ0n) is 16.0. The number of hydrogen-bond donors (Lipinski definition) is 2. The van der Waals surface area contributed by atoms with E-state index in [1.54, 1.807) is 7.11 Å². The molecule has 0 amide bonds. The summed E-state index contributed by atoms with van der Waals surface area (Å²) in [7, 11) is 1.73. The fourth-order valence-corrected chi connectivity index (χ4v) is 3.31. The van der Waals surface area contributed by atoms with Crippen LogP contribution in [0.25, 0.3) is 0 Å². The molecule has 1 aromatic carbocycles. The van der Waals surface area contributed by atoms with Gasteiger partial charge in [-0.15, -0.1) is 0 Å². The molecule has 1 heterocycles. The molecule has 2 N–H and O–H groups in total. The normalized spacial score (nSPS) is 15.3. The highest BCUT2D eigenvalue weighted by Gasteiger charge is 2.46. The second kappa shape index (κ2) is 9.09. The maximum atomic E-state index is 5.83. The molecule has 27 heavy (non-hydrogen) atoms. The van der Waals surface area contributed by atoms with Gasteiger partial charge in [0.05, 0.1) is 13.7 Å². The van der Waals surface area contributed by atoms with Crippen molar-refractivity contribution in [3.8, 4) is 5.75 Å². The van der Waals surface area contributed by atoms with Crippen molar-refractivity contribution in [2.45, 2.75) is 31.6 Å². The van der Waals surface area contributed by atoms with E-state index in [4.69, 9.17) is 21.3 Å². The lowest BCUT2D eigenvalue weighted by molar-refractivity contribution is 0.404. The minimum Gasteiger partial charge on any atom is -0.496 e. The first-order valence-electron chi connectivity index (χ1n) is 9.43. The Labute approximate surface area is 166 Å². The first-order chi connectivity index (χ1) is 13.2. The number of aliphatic imine (C=N–C) groups is 1. The SMILES string of the molecule is CCNC(=NCC1(c2ccccc2OC)CC1)NCCc1ccc(Cl)nc1. The summed E-state index contributed by atoms with van der Waals surface area (Å²) in [4.78, 5) is 8.97. The van der Waals surface area contributed by atoms with E-state index in [0.29, 0.717) is 5.15 Å². The van der Waals surface area contributed by atoms with Crippen LogP contribution in [-0.2, 0) is 11.8 Å². The van der Waals surface area contributed by atoms with Crippen molar-refractivity contribution in [2.24, 2.45) is 4.99 Å². The van der Waals surface area contributed by atoms with Crippen molar-refractivity contribution in [1.82, 2.24) is 15.6 Å². The summed E-state index contributed by atoms with van der Waals surface area (Å²) in [6, 6.07) is 12.1. The third kappa shape index (κ3) is 5.13. The van der Waals surface area contributed by atoms with Crippen LogP contribution < -0.4 is 15.4 Å². The summed E-state index contributed by atoms with van der Waals surface area (Å²) < 4.78 is 5.55. The third-order valence-corrected chi connectivity index (χ3v) is 5.13. The minimum absolute atomic E-state index is 0.106. The van der Waals surface area contributed by atoms with Gasteiger partial charge in [-0.05, 0) is 43.9 Å². The van der Waals surface area contributed by atoms with Crippen molar-refractivity contribution < 1.29 is 4.74 Å². The highest BCUT2D eigenvalue weighted by atomic mass is 35.5. The smallest absolute Gasteiger partial charge is 0.191 e. The van der Waals surface area contributed by atoms with Gasteiger partial charge in [0.15, 0.2) is 5.96 Å². The van der Waals surface area contributed by atoms with Gasteiger partial charge in [-0.2, -0.15) is 0 Å². The highest BCUT2D eigenvalue weighted by molar-refractivity contribution is 6.29. The summed E-state index contributed by atoms with van der Waals surface area (Å²) >= 11 is 5.83.